The number of ether oxygens (including phenoxy) is 2. The van der Waals surface area contributed by atoms with Crippen LogP contribution in [0.1, 0.15) is 28.6 Å². The van der Waals surface area contributed by atoms with E-state index >= 15 is 0 Å². The summed E-state index contributed by atoms with van der Waals surface area (Å²) in [5.41, 5.74) is 1.40. The van der Waals surface area contributed by atoms with Crippen molar-refractivity contribution in [1.29, 1.82) is 0 Å². The summed E-state index contributed by atoms with van der Waals surface area (Å²) in [6.45, 7) is 0.584. The van der Waals surface area contributed by atoms with Crippen molar-refractivity contribution >= 4 is 21.8 Å². The molecule has 0 saturated heterocycles. The number of hydrogen-bond acceptors (Lipinski definition) is 4. The number of amides is 1. The monoisotopic (exact) mass is 515 g/mol. The van der Waals surface area contributed by atoms with Crippen LogP contribution in [0.2, 0.25) is 0 Å². The molecule has 170 valence electrons. The van der Waals surface area contributed by atoms with Gasteiger partial charge in [0.1, 0.15) is 17.1 Å². The van der Waals surface area contributed by atoms with Crippen LogP contribution < -0.4 is 14.8 Å². The summed E-state index contributed by atoms with van der Waals surface area (Å²) in [5, 5.41) is 3.02. The third-order valence-electron chi connectivity index (χ3n) is 4.37. The Balaban J connectivity index is 0.000000207. The smallest absolute Gasteiger partial charge is 0.491 e. The topological polar surface area (TPSA) is 65.4 Å². The maximum absolute atomic E-state index is 12.5. The van der Waals surface area contributed by atoms with Crippen molar-refractivity contribution < 1.29 is 31.8 Å². The molecule has 1 aliphatic rings. The van der Waals surface area contributed by atoms with Gasteiger partial charge in [0, 0.05) is 30.3 Å². The number of hydrogen-bond donors (Lipinski definition) is 1. The lowest BCUT2D eigenvalue weighted by Crippen LogP contribution is -2.33. The molecule has 0 saturated carbocycles. The highest BCUT2D eigenvalue weighted by atomic mass is 79.9. The number of benzene rings is 1. The Bertz CT molecular complexity index is 1090. The van der Waals surface area contributed by atoms with E-state index in [1.165, 1.54) is 12.1 Å². The molecule has 32 heavy (non-hydrogen) atoms. The molecule has 1 N–H and O–H groups in total. The number of halogens is 5. The van der Waals surface area contributed by atoms with Gasteiger partial charge >= 0.3 is 6.36 Å². The summed E-state index contributed by atoms with van der Waals surface area (Å²) in [4.78, 5) is 16.7. The molecular formula is C21H18BrF4N3O3. The molecule has 0 spiro atoms. The second-order valence-corrected chi connectivity index (χ2v) is 7.60. The van der Waals surface area contributed by atoms with Gasteiger partial charge < -0.3 is 19.4 Å². The van der Waals surface area contributed by atoms with Crippen molar-refractivity contribution in [3.8, 4) is 11.5 Å². The Labute approximate surface area is 189 Å². The number of rotatable bonds is 3. The highest BCUT2D eigenvalue weighted by Gasteiger charge is 2.32. The van der Waals surface area contributed by atoms with Crippen molar-refractivity contribution in [1.82, 2.24) is 14.9 Å². The highest BCUT2D eigenvalue weighted by molar-refractivity contribution is 9.10. The van der Waals surface area contributed by atoms with Crippen LogP contribution in [-0.4, -0.2) is 28.4 Å². The largest absolute Gasteiger partial charge is 0.573 e. The summed E-state index contributed by atoms with van der Waals surface area (Å²) in [5.74, 6) is -1.21. The van der Waals surface area contributed by atoms with Crippen LogP contribution >= 0.6 is 15.9 Å². The van der Waals surface area contributed by atoms with Crippen molar-refractivity contribution in [3.05, 3.63) is 76.5 Å². The zero-order valence-electron chi connectivity index (χ0n) is 16.7. The molecule has 3 heterocycles. The zero-order valence-corrected chi connectivity index (χ0v) is 18.3. The number of aryl methyl sites for hydroxylation is 1. The molecule has 1 aliphatic heterocycles. The quantitative estimate of drug-likeness (QED) is 0.489. The molecule has 1 atom stereocenters. The van der Waals surface area contributed by atoms with Crippen LogP contribution in [0.3, 0.4) is 0 Å². The predicted molar refractivity (Wildman–Crippen MR) is 111 cm³/mol. The Morgan fingerprint density at radius 1 is 1.28 bits per heavy atom. The lowest BCUT2D eigenvalue weighted by atomic mass is 10.1. The first kappa shape index (κ1) is 23.6. The summed E-state index contributed by atoms with van der Waals surface area (Å²) in [6.07, 6.45) is -0.555. The normalized spacial score (nSPS) is 15.0. The molecule has 0 fully saturated rings. The summed E-state index contributed by atoms with van der Waals surface area (Å²) in [7, 11) is 1.84. The number of nitrogens with one attached hydrogen (secondary N) is 1. The molecule has 4 rings (SSSR count). The lowest BCUT2D eigenvalue weighted by Gasteiger charge is -2.25. The number of carbonyl (C=O) groups excluding carboxylic acids is 1. The van der Waals surface area contributed by atoms with Gasteiger partial charge in [-0.25, -0.2) is 4.39 Å². The van der Waals surface area contributed by atoms with Crippen molar-refractivity contribution in [2.75, 3.05) is 6.61 Å². The van der Waals surface area contributed by atoms with Crippen molar-refractivity contribution in [2.45, 2.75) is 18.8 Å². The Hall–Kier alpha value is -3.08. The Morgan fingerprint density at radius 3 is 2.69 bits per heavy atom. The third kappa shape index (κ3) is 6.22. The first-order valence-electron chi connectivity index (χ1n) is 9.35. The van der Waals surface area contributed by atoms with Gasteiger partial charge in [-0.3, -0.25) is 9.78 Å². The second-order valence-electron chi connectivity index (χ2n) is 6.68. The van der Waals surface area contributed by atoms with E-state index in [2.05, 4.69) is 31.0 Å². The highest BCUT2D eigenvalue weighted by Crippen LogP contribution is 2.30. The van der Waals surface area contributed by atoms with E-state index < -0.39 is 17.9 Å². The standard InChI is InChI=1S/C14H14BrN3O2.C7H4F4O/c1-18-8-9(15)7-11(18)14(19)17-10-4-6-20-12-3-2-5-16-13(10)12;8-5-3-1-2-4-6(5)12-7(9,10)11/h2-3,5,7-8,10H,4,6H2,1H3,(H,17,19);1-4H. The number of carbonyl (C=O) groups is 1. The third-order valence-corrected chi connectivity index (χ3v) is 4.80. The van der Waals surface area contributed by atoms with Crippen LogP contribution in [-0.2, 0) is 7.05 Å². The van der Waals surface area contributed by atoms with Gasteiger partial charge in [-0.15, -0.1) is 13.2 Å². The van der Waals surface area contributed by atoms with Gasteiger partial charge in [0.05, 0.1) is 12.6 Å². The molecule has 1 amide bonds. The fourth-order valence-electron chi connectivity index (χ4n) is 2.98. The minimum absolute atomic E-state index is 0.110. The van der Waals surface area contributed by atoms with Gasteiger partial charge in [-0.1, -0.05) is 12.1 Å². The first-order chi connectivity index (χ1) is 15.1. The molecule has 1 aromatic carbocycles. The fourth-order valence-corrected chi connectivity index (χ4v) is 3.51. The Morgan fingerprint density at radius 2 is 2.03 bits per heavy atom. The second kappa shape index (κ2) is 10.0. The van der Waals surface area contributed by atoms with Crippen LogP contribution in [0.25, 0.3) is 0 Å². The maximum atomic E-state index is 12.5. The van der Waals surface area contributed by atoms with Crippen LogP contribution in [0.5, 0.6) is 11.5 Å². The van der Waals surface area contributed by atoms with Gasteiger partial charge in [0.25, 0.3) is 5.91 Å². The van der Waals surface area contributed by atoms with E-state index in [1.54, 1.807) is 16.8 Å². The number of alkyl halides is 3. The molecule has 0 radical (unpaired) electrons. The lowest BCUT2D eigenvalue weighted by molar-refractivity contribution is -0.275. The molecule has 3 aromatic rings. The number of para-hydroxylation sites is 1. The average Bonchev–Trinajstić information content (AvgIpc) is 3.08. The summed E-state index contributed by atoms with van der Waals surface area (Å²) >= 11 is 3.37. The Kier molecular flexibility index (Phi) is 7.39. The van der Waals surface area contributed by atoms with Gasteiger partial charge in [0.2, 0.25) is 0 Å². The number of pyridine rings is 1. The van der Waals surface area contributed by atoms with E-state index in [4.69, 9.17) is 4.74 Å². The van der Waals surface area contributed by atoms with Crippen LogP contribution in [0.15, 0.2) is 59.3 Å². The first-order valence-corrected chi connectivity index (χ1v) is 10.1. The van der Waals surface area contributed by atoms with E-state index in [0.717, 1.165) is 34.5 Å². The molecule has 0 bridgehead atoms. The molecule has 0 aliphatic carbocycles. The number of nitrogens with zero attached hydrogens (tertiary/aromatic N) is 2. The van der Waals surface area contributed by atoms with E-state index in [1.807, 2.05) is 25.4 Å². The predicted octanol–water partition coefficient (Wildman–Crippen LogP) is 5.16. The van der Waals surface area contributed by atoms with Crippen LogP contribution in [0.4, 0.5) is 17.6 Å². The van der Waals surface area contributed by atoms with Gasteiger partial charge in [-0.2, -0.15) is 0 Å². The molecular weight excluding hydrogens is 498 g/mol. The molecule has 11 heteroatoms. The fraction of sp³-hybridized carbons (Fsp3) is 0.238. The van der Waals surface area contributed by atoms with Gasteiger partial charge in [0.15, 0.2) is 11.6 Å². The minimum Gasteiger partial charge on any atom is -0.491 e. The molecule has 1 unspecified atom stereocenters. The van der Waals surface area contributed by atoms with Crippen molar-refractivity contribution in [2.24, 2.45) is 7.05 Å². The van der Waals surface area contributed by atoms with E-state index in [0.29, 0.717) is 12.3 Å². The SMILES string of the molecule is Cn1cc(Br)cc1C(=O)NC1CCOc2cccnc21.Fc1ccccc1OC(F)(F)F. The number of aromatic nitrogens is 2. The zero-order chi connectivity index (χ0) is 23.3. The minimum atomic E-state index is -4.85. The van der Waals surface area contributed by atoms with Crippen LogP contribution in [0, 0.1) is 5.82 Å². The van der Waals surface area contributed by atoms with E-state index in [9.17, 15) is 22.4 Å². The number of fused-ring (bicyclic) bond motifs is 1. The molecule has 2 aromatic heterocycles. The van der Waals surface area contributed by atoms with E-state index in [-0.39, 0.29) is 11.9 Å². The maximum Gasteiger partial charge on any atom is 0.573 e. The summed E-state index contributed by atoms with van der Waals surface area (Å²) in [6, 6.07) is 9.72. The van der Waals surface area contributed by atoms with Gasteiger partial charge in [-0.05, 0) is 46.3 Å². The van der Waals surface area contributed by atoms with Crippen molar-refractivity contribution in [3.63, 3.8) is 0 Å². The average molecular weight is 516 g/mol. The molecule has 6 nitrogen and oxygen atoms in total. The summed E-state index contributed by atoms with van der Waals surface area (Å²) < 4.78 is 58.7.